The highest BCUT2D eigenvalue weighted by molar-refractivity contribution is 6.30. The highest BCUT2D eigenvalue weighted by Gasteiger charge is 2.25. The van der Waals surface area contributed by atoms with Crippen LogP contribution < -0.4 is 16.0 Å². The van der Waals surface area contributed by atoms with Crippen LogP contribution in [-0.2, 0) is 30.3 Å². The van der Waals surface area contributed by atoms with Crippen LogP contribution in [-0.4, -0.2) is 51.6 Å². The second-order valence-electron chi connectivity index (χ2n) is 11.6. The smallest absolute Gasteiger partial charge is 0.305 e. The van der Waals surface area contributed by atoms with Gasteiger partial charge >= 0.3 is 11.9 Å². The molecule has 1 atom stereocenters. The molecule has 0 spiro atoms. The van der Waals surface area contributed by atoms with Crippen LogP contribution in [0.2, 0.25) is 0 Å². The molecule has 2 amide bonds. The summed E-state index contributed by atoms with van der Waals surface area (Å²) in [5.41, 5.74) is 9.53. The molecule has 0 aromatic carbocycles. The predicted molar refractivity (Wildman–Crippen MR) is 174 cm³/mol. The van der Waals surface area contributed by atoms with Gasteiger partial charge in [0.05, 0.1) is 19.2 Å². The molecular formula is C35H42N4O6. The van der Waals surface area contributed by atoms with Gasteiger partial charge < -0.3 is 25.1 Å². The van der Waals surface area contributed by atoms with Crippen molar-refractivity contribution >= 4 is 47.7 Å². The third-order valence-electron chi connectivity index (χ3n) is 8.84. The number of hydrogen-bond acceptors (Lipinski definition) is 5. The van der Waals surface area contributed by atoms with Crippen LogP contribution in [0.3, 0.4) is 0 Å². The maximum atomic E-state index is 12.4. The predicted octanol–water partition coefficient (Wildman–Crippen LogP) is 4.16. The molecule has 2 aliphatic heterocycles. The quantitative estimate of drug-likeness (QED) is 0.279. The molecule has 0 saturated carbocycles. The fourth-order valence-corrected chi connectivity index (χ4v) is 6.29. The minimum Gasteiger partial charge on any atom is -0.481 e. The first-order valence-corrected chi connectivity index (χ1v) is 15.3. The van der Waals surface area contributed by atoms with Crippen LogP contribution in [0, 0.1) is 13.8 Å². The van der Waals surface area contributed by atoms with Gasteiger partial charge in [0.2, 0.25) is 0 Å². The van der Waals surface area contributed by atoms with Gasteiger partial charge in [0.25, 0.3) is 11.8 Å². The number of methoxy groups -OCH3 is 1. The van der Waals surface area contributed by atoms with E-state index < -0.39 is 5.97 Å². The largest absolute Gasteiger partial charge is 0.481 e. The zero-order valence-corrected chi connectivity index (χ0v) is 27.3. The Balaban J connectivity index is 1.95. The van der Waals surface area contributed by atoms with Crippen molar-refractivity contribution in [2.75, 3.05) is 7.11 Å². The van der Waals surface area contributed by atoms with Crippen LogP contribution in [0.15, 0.2) is 33.0 Å². The molecule has 4 N–H and O–H groups in total. The van der Waals surface area contributed by atoms with E-state index in [2.05, 4.69) is 20.3 Å². The van der Waals surface area contributed by atoms with Gasteiger partial charge in [-0.2, -0.15) is 0 Å². The number of amides is 2. The zero-order chi connectivity index (χ0) is 33.2. The number of rotatable bonds is 11. The summed E-state index contributed by atoms with van der Waals surface area (Å²) in [4.78, 5) is 59.9. The molecular weight excluding hydrogens is 572 g/mol. The molecule has 4 rings (SSSR count). The molecule has 238 valence electrons. The van der Waals surface area contributed by atoms with Gasteiger partial charge in [0.1, 0.15) is 0 Å². The Morgan fingerprint density at radius 3 is 2.22 bits per heavy atom. The number of carboxylic acid groups (broad SMARTS) is 1. The van der Waals surface area contributed by atoms with Crippen molar-refractivity contribution in [1.29, 1.82) is 0 Å². The van der Waals surface area contributed by atoms with E-state index in [0.29, 0.717) is 36.1 Å². The van der Waals surface area contributed by atoms with Crippen molar-refractivity contribution in [3.8, 4) is 0 Å². The number of aromatic amines is 2. The van der Waals surface area contributed by atoms with E-state index in [1.807, 2.05) is 59.8 Å². The number of allylic oxidation sites excluding steroid dienone is 2. The van der Waals surface area contributed by atoms with Crippen LogP contribution in [0.4, 0.5) is 0 Å². The topological polar surface area (TPSA) is 154 Å². The maximum absolute atomic E-state index is 12.4. The minimum absolute atomic E-state index is 0.0667. The fourth-order valence-electron chi connectivity index (χ4n) is 6.29. The van der Waals surface area contributed by atoms with Crippen LogP contribution in [0.1, 0.15) is 99.9 Å². The van der Waals surface area contributed by atoms with Crippen LogP contribution >= 0.6 is 0 Å². The molecule has 0 unspecified atom stereocenters. The first-order valence-electron chi connectivity index (χ1n) is 15.3. The number of carbonyl (C=O) groups excluding carboxylic acids is 3. The van der Waals surface area contributed by atoms with Gasteiger partial charge in [-0.3, -0.25) is 19.2 Å². The van der Waals surface area contributed by atoms with Crippen LogP contribution in [0.5, 0.6) is 0 Å². The Hall–Kier alpha value is -4.73. The van der Waals surface area contributed by atoms with E-state index in [4.69, 9.17) is 4.74 Å². The lowest BCUT2D eigenvalue weighted by atomic mass is 9.93. The normalized spacial score (nSPS) is 17.6. The first-order chi connectivity index (χ1) is 21.3. The molecule has 10 nitrogen and oxygen atoms in total. The van der Waals surface area contributed by atoms with Gasteiger partial charge in [-0.05, 0) is 105 Å². The Labute approximate surface area is 262 Å². The standard InChI is InChI=1S/C35H42N4O6/c1-9-22-19(5)34(43)38-27(22)14-25-18(4)24(11-12-32(42)45-8)29(36-25)16-30-33(17(3)13-31(40)41)21(7)26(37-30)15-28-23(10-2)20(6)35(44)39-28/h14-17,36-37H,9-13H2,1-8H3,(H,39,44)(H,40,41)/b25-14-,28-15-,29-16-/t17-/m0/s1. The summed E-state index contributed by atoms with van der Waals surface area (Å²) in [6.07, 6.45) is 7.58. The highest BCUT2D eigenvalue weighted by atomic mass is 16.5. The number of ether oxygens (including phenoxy) is 1. The Kier molecular flexibility index (Phi) is 9.95. The molecule has 2 aromatic rings. The number of carbonyl (C=O) groups is 4. The molecule has 0 aliphatic carbocycles. The zero-order valence-electron chi connectivity index (χ0n) is 27.3. The Morgan fingerprint density at radius 2 is 1.60 bits per heavy atom. The summed E-state index contributed by atoms with van der Waals surface area (Å²) in [6, 6.07) is 0. The molecule has 2 aliphatic rings. The third kappa shape index (κ3) is 6.69. The molecule has 10 heteroatoms. The summed E-state index contributed by atoms with van der Waals surface area (Å²) in [6.45, 7) is 13.4. The third-order valence-corrected chi connectivity index (χ3v) is 8.84. The number of nitrogens with one attached hydrogen (secondary N) is 3. The second-order valence-corrected chi connectivity index (χ2v) is 11.6. The van der Waals surface area contributed by atoms with Crippen molar-refractivity contribution < 1.29 is 29.0 Å². The molecule has 0 bridgehead atoms. The maximum Gasteiger partial charge on any atom is 0.305 e. The number of aromatic nitrogens is 2. The van der Waals surface area contributed by atoms with E-state index in [0.717, 1.165) is 61.2 Å². The summed E-state index contributed by atoms with van der Waals surface area (Å²) >= 11 is 0. The first kappa shape index (κ1) is 33.2. The van der Waals surface area contributed by atoms with Crippen LogP contribution in [0.25, 0.3) is 18.2 Å². The van der Waals surface area contributed by atoms with Gasteiger partial charge in [-0.15, -0.1) is 0 Å². The molecule has 0 fully saturated rings. The number of aliphatic imine (C=N–C) groups is 1. The number of esters is 1. The Bertz CT molecular complexity index is 1840. The van der Waals surface area contributed by atoms with E-state index in [9.17, 15) is 24.3 Å². The molecule has 4 heterocycles. The monoisotopic (exact) mass is 614 g/mol. The summed E-state index contributed by atoms with van der Waals surface area (Å²) < 4.78 is 4.91. The van der Waals surface area contributed by atoms with E-state index in [1.54, 1.807) is 6.92 Å². The van der Waals surface area contributed by atoms with Gasteiger partial charge in [-0.25, -0.2) is 4.99 Å². The molecule has 2 aromatic heterocycles. The van der Waals surface area contributed by atoms with Gasteiger partial charge in [-0.1, -0.05) is 20.8 Å². The average molecular weight is 615 g/mol. The van der Waals surface area contributed by atoms with Gasteiger partial charge in [0.15, 0.2) is 0 Å². The van der Waals surface area contributed by atoms with Crippen molar-refractivity contribution in [1.82, 2.24) is 15.3 Å². The van der Waals surface area contributed by atoms with Gasteiger partial charge in [0, 0.05) is 45.4 Å². The summed E-state index contributed by atoms with van der Waals surface area (Å²) in [5, 5.41) is 14.1. The highest BCUT2D eigenvalue weighted by Crippen LogP contribution is 2.32. The van der Waals surface area contributed by atoms with Crippen molar-refractivity contribution in [3.63, 3.8) is 0 Å². The minimum atomic E-state index is -0.905. The Morgan fingerprint density at radius 1 is 0.911 bits per heavy atom. The van der Waals surface area contributed by atoms with E-state index in [-0.39, 0.29) is 36.5 Å². The SMILES string of the molecule is CCC1=C(C)C(=O)N=C1/C=c1\[nH]/c(=C\c2[nH]c(/C=C3\NC(=O)C(C)=C3CC)c(C)c2[C@@H](C)CC(=O)O)c(CCC(=O)OC)c1C. The van der Waals surface area contributed by atoms with E-state index >= 15 is 0 Å². The molecule has 45 heavy (non-hydrogen) atoms. The second kappa shape index (κ2) is 13.5. The summed E-state index contributed by atoms with van der Waals surface area (Å²) in [7, 11) is 1.36. The number of aliphatic carboxylic acids is 1. The van der Waals surface area contributed by atoms with E-state index in [1.165, 1.54) is 7.11 Å². The molecule has 0 radical (unpaired) electrons. The number of nitrogens with zero attached hydrogens (tertiary/aromatic N) is 1. The van der Waals surface area contributed by atoms with Crippen molar-refractivity contribution in [2.24, 2.45) is 4.99 Å². The lowest BCUT2D eigenvalue weighted by Gasteiger charge is -2.11. The lowest BCUT2D eigenvalue weighted by molar-refractivity contribution is -0.140. The number of hydrogen-bond donors (Lipinski definition) is 4. The van der Waals surface area contributed by atoms with Crippen molar-refractivity contribution in [2.45, 2.75) is 86.5 Å². The fraction of sp³-hybridized carbons (Fsp3) is 0.400. The number of H-pyrrole nitrogens is 2. The number of carboxylic acids is 1. The molecule has 0 saturated heterocycles. The lowest BCUT2D eigenvalue weighted by Crippen LogP contribution is -2.15. The average Bonchev–Trinajstić information content (AvgIpc) is 3.63. The summed E-state index contributed by atoms with van der Waals surface area (Å²) in [5.74, 6) is -1.93. The van der Waals surface area contributed by atoms with Crippen molar-refractivity contribution in [3.05, 3.63) is 72.3 Å².